The van der Waals surface area contributed by atoms with Crippen molar-refractivity contribution in [3.05, 3.63) is 28.2 Å². The van der Waals surface area contributed by atoms with Gasteiger partial charge in [0, 0.05) is 31.2 Å². The minimum atomic E-state index is -5.14. The van der Waals surface area contributed by atoms with Crippen LogP contribution in [-0.2, 0) is 40.8 Å². The van der Waals surface area contributed by atoms with E-state index in [1.807, 2.05) is 0 Å². The summed E-state index contributed by atoms with van der Waals surface area (Å²) in [5.41, 5.74) is 2.45. The third kappa shape index (κ3) is 7.38. The lowest BCUT2D eigenvalue weighted by Crippen LogP contribution is -2.75. The summed E-state index contributed by atoms with van der Waals surface area (Å²) in [6, 6.07) is -4.33. The quantitative estimate of drug-likeness (QED) is 0.0371. The van der Waals surface area contributed by atoms with Gasteiger partial charge in [0.05, 0.1) is 37.7 Å². The molecule has 1 aromatic heterocycles. The molecule has 45 heavy (non-hydrogen) atoms. The van der Waals surface area contributed by atoms with Gasteiger partial charge in [0.1, 0.15) is 12.1 Å². The molecular weight excluding hydrogens is 648 g/mol. The second-order valence-electron chi connectivity index (χ2n) is 9.83. The number of aliphatic carboxylic acids is 1. The molecule has 0 saturated carbocycles. The van der Waals surface area contributed by atoms with Crippen LogP contribution in [-0.4, -0.2) is 121 Å². The van der Waals surface area contributed by atoms with Gasteiger partial charge >= 0.3 is 22.3 Å². The summed E-state index contributed by atoms with van der Waals surface area (Å²) in [6.07, 6.45) is 0.524. The number of urea groups is 1. The number of aliphatic imine (C=N–C) groups is 1. The molecule has 9 N–H and O–H groups in total. The summed E-state index contributed by atoms with van der Waals surface area (Å²) < 4.78 is 38.9. The van der Waals surface area contributed by atoms with Crippen molar-refractivity contribution in [3.8, 4) is 5.75 Å². The van der Waals surface area contributed by atoms with E-state index in [4.69, 9.17) is 15.3 Å². The molecule has 0 bridgehead atoms. The van der Waals surface area contributed by atoms with Crippen molar-refractivity contribution in [3.63, 3.8) is 0 Å². The number of nitrogens with one attached hydrogen (secondary N) is 3. The van der Waals surface area contributed by atoms with Crippen molar-refractivity contribution >= 4 is 56.8 Å². The second kappa shape index (κ2) is 13.2. The molecule has 23 heteroatoms. The number of nitrogens with zero attached hydrogens (tertiary/aromatic N) is 4. The van der Waals surface area contributed by atoms with Crippen LogP contribution in [0.15, 0.2) is 27.2 Å². The van der Waals surface area contributed by atoms with E-state index in [0.29, 0.717) is 10.9 Å². The van der Waals surface area contributed by atoms with Gasteiger partial charge < -0.3 is 46.7 Å². The number of amides is 4. The molecule has 1 unspecified atom stereocenters. The third-order valence-electron chi connectivity index (χ3n) is 6.92. The highest BCUT2D eigenvalue weighted by atomic mass is 32.2. The van der Waals surface area contributed by atoms with Crippen LogP contribution >= 0.6 is 11.8 Å². The Kier molecular flexibility index (Phi) is 9.74. The number of carbonyl (C=O) groups is 4. The Morgan fingerprint density at radius 2 is 1.93 bits per heavy atom. The van der Waals surface area contributed by atoms with Crippen molar-refractivity contribution in [1.82, 2.24) is 25.0 Å². The van der Waals surface area contributed by atoms with E-state index in [-0.39, 0.29) is 47.0 Å². The van der Waals surface area contributed by atoms with E-state index in [9.17, 15) is 52.4 Å². The Morgan fingerprint density at radius 3 is 2.53 bits per heavy atom. The number of carbonyl (C=O) groups excluding carboxylic acids is 3. The number of β-lactam (4-membered cyclic amide) rings is 1. The molecule has 3 atom stereocenters. The number of carboxylic acids is 1. The van der Waals surface area contributed by atoms with Crippen LogP contribution in [0, 0.1) is 0 Å². The number of hydrogen-bond acceptors (Lipinski definition) is 15. The number of oxime groups is 1. The summed E-state index contributed by atoms with van der Waals surface area (Å²) in [7, 11) is -5.14. The van der Waals surface area contributed by atoms with Crippen LogP contribution in [0.4, 0.5) is 4.79 Å². The first-order chi connectivity index (χ1) is 21.1. The van der Waals surface area contributed by atoms with E-state index < -0.39 is 87.8 Å². The predicted molar refractivity (Wildman–Crippen MR) is 151 cm³/mol. The first-order valence-electron chi connectivity index (χ1n) is 12.9. The summed E-state index contributed by atoms with van der Waals surface area (Å²) in [5.74, 6) is -4.35. The maximum absolute atomic E-state index is 13.4. The third-order valence-corrected chi connectivity index (χ3v) is 8.76. The normalized spacial score (nSPS) is 23.0. The van der Waals surface area contributed by atoms with Crippen molar-refractivity contribution in [2.24, 2.45) is 15.9 Å². The van der Waals surface area contributed by atoms with Crippen LogP contribution in [0.5, 0.6) is 5.75 Å². The van der Waals surface area contributed by atoms with Gasteiger partial charge in [-0.1, -0.05) is 16.9 Å². The van der Waals surface area contributed by atoms with Crippen LogP contribution in [0.25, 0.3) is 0 Å². The van der Waals surface area contributed by atoms with Gasteiger partial charge in [-0.25, -0.2) is 13.9 Å². The first kappa shape index (κ1) is 33.3. The number of ether oxygens (including phenoxy) is 1. The zero-order valence-corrected chi connectivity index (χ0v) is 24.6. The minimum Gasteiger partial charge on any atom is -0.503 e. The monoisotopic (exact) mass is 676 g/mol. The summed E-state index contributed by atoms with van der Waals surface area (Å²) in [4.78, 5) is 71.4. The summed E-state index contributed by atoms with van der Waals surface area (Å²) in [6.45, 7) is -0.977. The molecule has 4 rings (SSSR count). The zero-order valence-electron chi connectivity index (χ0n) is 23.0. The van der Waals surface area contributed by atoms with E-state index in [0.717, 1.165) is 17.8 Å². The highest BCUT2D eigenvalue weighted by Gasteiger charge is 2.54. The van der Waals surface area contributed by atoms with Crippen molar-refractivity contribution in [2.45, 2.75) is 43.1 Å². The molecule has 3 aliphatic rings. The molecule has 246 valence electrons. The Labute approximate surface area is 257 Å². The largest absolute Gasteiger partial charge is 0.503 e. The van der Waals surface area contributed by atoms with Crippen LogP contribution < -0.4 is 27.1 Å². The molecule has 0 spiro atoms. The van der Waals surface area contributed by atoms with Crippen molar-refractivity contribution in [2.75, 3.05) is 25.5 Å². The molecular formula is C22H28N8O13S2. The maximum Gasteiger partial charge on any atom is 0.362 e. The molecule has 2 saturated heterocycles. The highest BCUT2D eigenvalue weighted by molar-refractivity contribution is 8.14. The lowest BCUT2D eigenvalue weighted by atomic mass is 9.95. The van der Waals surface area contributed by atoms with Crippen molar-refractivity contribution in [1.29, 1.82) is 0 Å². The number of thioether (sulfide) groups is 1. The number of rotatable bonds is 11. The Hall–Kier alpha value is -4.61. The average molecular weight is 677 g/mol. The van der Waals surface area contributed by atoms with Crippen LogP contribution in [0.3, 0.4) is 0 Å². The number of hydrogen-bond donors (Lipinski definition) is 8. The molecule has 0 aromatic carbocycles. The van der Waals surface area contributed by atoms with Gasteiger partial charge in [0.15, 0.2) is 16.6 Å². The topological polar surface area (TPSA) is 314 Å². The average Bonchev–Trinajstić information content (AvgIpc) is 3.40. The first-order valence-corrected chi connectivity index (χ1v) is 15.3. The number of pyridine rings is 1. The van der Waals surface area contributed by atoms with Crippen LogP contribution in [0.1, 0.15) is 18.5 Å². The molecule has 0 aliphatic carbocycles. The van der Waals surface area contributed by atoms with Gasteiger partial charge in [-0.15, -0.1) is 0 Å². The van der Waals surface area contributed by atoms with E-state index in [1.54, 1.807) is 0 Å². The summed E-state index contributed by atoms with van der Waals surface area (Å²) in [5, 5.41) is 39.5. The van der Waals surface area contributed by atoms with Gasteiger partial charge in [0.25, 0.3) is 11.8 Å². The Balaban J connectivity index is 1.48. The SMILES string of the molecule is NC1=NC(/C(=N/OC2(C(=O)O)CCOCC2)C(=O)N[C@@H]2C(=O)N(S(=O)(=O)O)[C@@H]2CNC(=O)NCc2cc(=O)c(O)cn2O)CS1. The molecule has 3 aliphatic heterocycles. The zero-order chi connectivity index (χ0) is 33.1. The predicted octanol–water partition coefficient (Wildman–Crippen LogP) is -3.47. The van der Waals surface area contributed by atoms with E-state index >= 15 is 0 Å². The standard InChI is InChI=1S/C22H28N8O13S2/c23-20-26-11(9-44-20)15(28-43-22(19(35)36)1-3-42-4-2-22)17(33)27-16-12(30(18(16)34)45(39,40)41)7-25-21(37)24-6-10-5-13(31)14(32)8-29(10)38/h5,8,11-12,16,32,38H,1-4,6-7,9H2,(H2,23,26)(H,27,33)(H,35,36)(H2,24,25,37)(H,39,40,41)/b28-15-/t11?,12-,16+/m1/s1. The molecule has 21 nitrogen and oxygen atoms in total. The van der Waals surface area contributed by atoms with Gasteiger partial charge in [-0.3, -0.25) is 23.9 Å². The molecule has 0 radical (unpaired) electrons. The van der Waals surface area contributed by atoms with E-state index in [1.165, 1.54) is 0 Å². The number of aromatic nitrogens is 1. The Bertz CT molecular complexity index is 1610. The fraction of sp³-hybridized carbons (Fsp3) is 0.500. The fourth-order valence-electron chi connectivity index (χ4n) is 4.46. The number of aromatic hydroxyl groups is 1. The molecule has 4 amide bonds. The smallest absolute Gasteiger partial charge is 0.362 e. The molecule has 2 fully saturated rings. The second-order valence-corrected chi connectivity index (χ2v) is 12.2. The van der Waals surface area contributed by atoms with Crippen LogP contribution in [0.2, 0.25) is 0 Å². The van der Waals surface area contributed by atoms with Gasteiger partial charge in [-0.2, -0.15) is 13.1 Å². The lowest BCUT2D eigenvalue weighted by molar-refractivity contribution is -0.178. The molecule has 4 heterocycles. The van der Waals surface area contributed by atoms with E-state index in [2.05, 4.69) is 26.1 Å². The number of carboxylic acid groups (broad SMARTS) is 1. The van der Waals surface area contributed by atoms with Crippen molar-refractivity contribution < 1.29 is 57.1 Å². The minimum absolute atomic E-state index is 0.0277. The number of nitrogens with two attached hydrogens (primary N) is 1. The van der Waals surface area contributed by atoms with Gasteiger partial charge in [0.2, 0.25) is 11.0 Å². The fourth-order valence-corrected chi connectivity index (χ4v) is 6.10. The molecule has 1 aromatic rings. The maximum atomic E-state index is 13.4. The lowest BCUT2D eigenvalue weighted by Gasteiger charge is -2.44. The Morgan fingerprint density at radius 1 is 1.24 bits per heavy atom. The summed E-state index contributed by atoms with van der Waals surface area (Å²) >= 11 is 1.06. The number of amidine groups is 1. The van der Waals surface area contributed by atoms with Gasteiger partial charge in [-0.05, 0) is 0 Å². The highest BCUT2D eigenvalue weighted by Crippen LogP contribution is 2.28.